The van der Waals surface area contributed by atoms with Gasteiger partial charge in [0.05, 0.1) is 20.3 Å². The monoisotopic (exact) mass is 383 g/mol. The van der Waals surface area contributed by atoms with Crippen molar-refractivity contribution >= 4 is 22.6 Å². The van der Waals surface area contributed by atoms with E-state index in [0.717, 1.165) is 22.6 Å². The van der Waals surface area contributed by atoms with Crippen molar-refractivity contribution in [2.45, 2.75) is 13.0 Å². The Balaban J connectivity index is 2.47. The van der Waals surface area contributed by atoms with E-state index in [4.69, 9.17) is 15.2 Å². The van der Waals surface area contributed by atoms with Gasteiger partial charge in [-0.05, 0) is 58.3 Å². The molecule has 20 heavy (non-hydrogen) atoms. The third kappa shape index (κ3) is 3.07. The predicted molar refractivity (Wildman–Crippen MR) is 89.5 cm³/mol. The largest absolute Gasteiger partial charge is 0.497 e. The number of rotatable bonds is 4. The van der Waals surface area contributed by atoms with E-state index in [1.54, 1.807) is 14.2 Å². The van der Waals surface area contributed by atoms with Crippen molar-refractivity contribution in [2.75, 3.05) is 14.2 Å². The van der Waals surface area contributed by atoms with Crippen LogP contribution in [-0.4, -0.2) is 14.2 Å². The zero-order valence-corrected chi connectivity index (χ0v) is 14.0. The van der Waals surface area contributed by atoms with Crippen molar-refractivity contribution in [3.05, 3.63) is 56.7 Å². The SMILES string of the molecule is COc1cc(OC)cc(C(N)c2cccc(C)c2I)c1. The first-order valence-electron chi connectivity index (χ1n) is 6.30. The fourth-order valence-electron chi connectivity index (χ4n) is 2.10. The Bertz CT molecular complexity index is 591. The van der Waals surface area contributed by atoms with E-state index in [1.807, 2.05) is 24.3 Å². The summed E-state index contributed by atoms with van der Waals surface area (Å²) >= 11 is 2.34. The van der Waals surface area contributed by atoms with Gasteiger partial charge >= 0.3 is 0 Å². The van der Waals surface area contributed by atoms with E-state index in [9.17, 15) is 0 Å². The van der Waals surface area contributed by atoms with Crippen LogP contribution in [0.3, 0.4) is 0 Å². The summed E-state index contributed by atoms with van der Waals surface area (Å²) in [6, 6.07) is 11.7. The molecule has 1 atom stereocenters. The second-order valence-electron chi connectivity index (χ2n) is 4.60. The van der Waals surface area contributed by atoms with Crippen LogP contribution < -0.4 is 15.2 Å². The number of aryl methyl sites for hydroxylation is 1. The molecule has 3 nitrogen and oxygen atoms in total. The highest BCUT2D eigenvalue weighted by Gasteiger charge is 2.15. The van der Waals surface area contributed by atoms with Gasteiger partial charge in [-0.25, -0.2) is 0 Å². The first-order valence-corrected chi connectivity index (χ1v) is 7.38. The molecule has 0 saturated carbocycles. The van der Waals surface area contributed by atoms with Crippen LogP contribution in [0.5, 0.6) is 11.5 Å². The molecule has 4 heteroatoms. The Morgan fingerprint density at radius 1 is 1.05 bits per heavy atom. The Labute approximate surface area is 133 Å². The average Bonchev–Trinajstić information content (AvgIpc) is 2.48. The lowest BCUT2D eigenvalue weighted by molar-refractivity contribution is 0.393. The molecule has 0 fully saturated rings. The van der Waals surface area contributed by atoms with Crippen LogP contribution in [0.25, 0.3) is 0 Å². The van der Waals surface area contributed by atoms with Crippen LogP contribution in [0, 0.1) is 10.5 Å². The molecular formula is C16H18INO2. The van der Waals surface area contributed by atoms with Crippen molar-refractivity contribution in [1.29, 1.82) is 0 Å². The summed E-state index contributed by atoms with van der Waals surface area (Å²) in [6.07, 6.45) is 0. The minimum Gasteiger partial charge on any atom is -0.497 e. The zero-order valence-electron chi connectivity index (χ0n) is 11.8. The fraction of sp³-hybridized carbons (Fsp3) is 0.250. The average molecular weight is 383 g/mol. The maximum atomic E-state index is 6.42. The third-order valence-corrected chi connectivity index (χ3v) is 4.76. The van der Waals surface area contributed by atoms with Crippen LogP contribution in [0.1, 0.15) is 22.7 Å². The van der Waals surface area contributed by atoms with Gasteiger partial charge in [0.1, 0.15) is 11.5 Å². The Morgan fingerprint density at radius 2 is 1.65 bits per heavy atom. The standard InChI is InChI=1S/C16H18INO2/c1-10-5-4-6-14(15(10)17)16(18)11-7-12(19-2)9-13(8-11)20-3/h4-9,16H,18H2,1-3H3. The molecule has 0 spiro atoms. The summed E-state index contributed by atoms with van der Waals surface area (Å²) in [7, 11) is 3.28. The van der Waals surface area contributed by atoms with Crippen molar-refractivity contribution in [2.24, 2.45) is 5.73 Å². The molecule has 0 saturated heterocycles. The van der Waals surface area contributed by atoms with Crippen molar-refractivity contribution in [1.82, 2.24) is 0 Å². The van der Waals surface area contributed by atoms with Crippen molar-refractivity contribution in [3.63, 3.8) is 0 Å². The van der Waals surface area contributed by atoms with Gasteiger partial charge in [-0.3, -0.25) is 0 Å². The van der Waals surface area contributed by atoms with Crippen LogP contribution in [-0.2, 0) is 0 Å². The molecule has 0 amide bonds. The number of nitrogens with two attached hydrogens (primary N) is 1. The molecule has 2 N–H and O–H groups in total. The van der Waals surface area contributed by atoms with Gasteiger partial charge in [-0.2, -0.15) is 0 Å². The highest BCUT2D eigenvalue weighted by Crippen LogP contribution is 2.31. The fourth-order valence-corrected chi connectivity index (χ4v) is 2.79. The van der Waals surface area contributed by atoms with E-state index < -0.39 is 0 Å². The number of hydrogen-bond acceptors (Lipinski definition) is 3. The van der Waals surface area contributed by atoms with E-state index in [-0.39, 0.29) is 6.04 Å². The number of benzene rings is 2. The van der Waals surface area contributed by atoms with Gasteiger partial charge in [-0.15, -0.1) is 0 Å². The summed E-state index contributed by atoms with van der Waals surface area (Å²) in [5, 5.41) is 0. The maximum absolute atomic E-state index is 6.42. The molecule has 0 radical (unpaired) electrons. The smallest absolute Gasteiger partial charge is 0.122 e. The molecule has 0 heterocycles. The highest BCUT2D eigenvalue weighted by atomic mass is 127. The molecule has 1 unspecified atom stereocenters. The van der Waals surface area contributed by atoms with Crippen molar-refractivity contribution in [3.8, 4) is 11.5 Å². The predicted octanol–water partition coefficient (Wildman–Crippen LogP) is 3.66. The van der Waals surface area contributed by atoms with E-state index in [1.165, 1.54) is 9.13 Å². The van der Waals surface area contributed by atoms with Gasteiger partial charge in [0, 0.05) is 9.64 Å². The Hall–Kier alpha value is -1.27. The molecule has 106 valence electrons. The van der Waals surface area contributed by atoms with Crippen LogP contribution in [0.15, 0.2) is 36.4 Å². The lowest BCUT2D eigenvalue weighted by Crippen LogP contribution is -2.14. The minimum atomic E-state index is -0.203. The van der Waals surface area contributed by atoms with Crippen LogP contribution in [0.2, 0.25) is 0 Å². The van der Waals surface area contributed by atoms with Crippen LogP contribution in [0.4, 0.5) is 0 Å². The summed E-state index contributed by atoms with van der Waals surface area (Å²) in [6.45, 7) is 2.09. The molecule has 0 bridgehead atoms. The first-order chi connectivity index (χ1) is 9.56. The summed E-state index contributed by atoms with van der Waals surface area (Å²) in [4.78, 5) is 0. The summed E-state index contributed by atoms with van der Waals surface area (Å²) in [5.41, 5.74) is 9.74. The second-order valence-corrected chi connectivity index (χ2v) is 5.68. The lowest BCUT2D eigenvalue weighted by atomic mass is 9.98. The summed E-state index contributed by atoms with van der Waals surface area (Å²) < 4.78 is 11.8. The quantitative estimate of drug-likeness (QED) is 0.820. The topological polar surface area (TPSA) is 44.5 Å². The molecule has 2 aromatic carbocycles. The summed E-state index contributed by atoms with van der Waals surface area (Å²) in [5.74, 6) is 1.50. The minimum absolute atomic E-state index is 0.203. The van der Waals surface area contributed by atoms with Gasteiger partial charge < -0.3 is 15.2 Å². The zero-order chi connectivity index (χ0) is 14.7. The van der Waals surface area contributed by atoms with E-state index in [2.05, 4.69) is 41.6 Å². The molecule has 2 aromatic rings. The number of methoxy groups -OCH3 is 2. The normalized spacial score (nSPS) is 12.1. The number of hydrogen-bond donors (Lipinski definition) is 1. The van der Waals surface area contributed by atoms with Gasteiger partial charge in [-0.1, -0.05) is 18.2 Å². The molecule has 0 aliphatic carbocycles. The van der Waals surface area contributed by atoms with Gasteiger partial charge in [0.25, 0.3) is 0 Å². The van der Waals surface area contributed by atoms with E-state index >= 15 is 0 Å². The van der Waals surface area contributed by atoms with Crippen molar-refractivity contribution < 1.29 is 9.47 Å². The second kappa shape index (κ2) is 6.45. The number of halogens is 1. The van der Waals surface area contributed by atoms with E-state index in [0.29, 0.717) is 0 Å². The molecule has 0 aliphatic rings. The molecular weight excluding hydrogens is 365 g/mol. The third-order valence-electron chi connectivity index (χ3n) is 3.29. The Morgan fingerprint density at radius 3 is 2.20 bits per heavy atom. The number of ether oxygens (including phenoxy) is 2. The maximum Gasteiger partial charge on any atom is 0.122 e. The van der Waals surface area contributed by atoms with Crippen LogP contribution >= 0.6 is 22.6 Å². The van der Waals surface area contributed by atoms with Gasteiger partial charge in [0.2, 0.25) is 0 Å². The Kier molecular flexibility index (Phi) is 4.88. The molecule has 0 aliphatic heterocycles. The molecule has 0 aromatic heterocycles. The molecule has 2 rings (SSSR count). The lowest BCUT2D eigenvalue weighted by Gasteiger charge is -2.17. The highest BCUT2D eigenvalue weighted by molar-refractivity contribution is 14.1. The first kappa shape index (κ1) is 15.1. The van der Waals surface area contributed by atoms with Gasteiger partial charge in [0.15, 0.2) is 0 Å².